The number of hydrogen-bond donors (Lipinski definition) is 13. The van der Waals surface area contributed by atoms with Crippen LogP contribution in [0.1, 0.15) is 85.6 Å². The van der Waals surface area contributed by atoms with Gasteiger partial charge >= 0.3 is 59.7 Å². The van der Waals surface area contributed by atoms with Crippen molar-refractivity contribution in [1.29, 1.82) is 0 Å². The largest absolute Gasteiger partial charge is 0.481 e. The number of carboxylic acids is 10. The molecule has 13 N–H and O–H groups in total. The van der Waals surface area contributed by atoms with Gasteiger partial charge in [-0.2, -0.15) is 0 Å². The lowest BCUT2D eigenvalue weighted by molar-refractivity contribution is -0.154. The number of aliphatic hydroxyl groups is 3. The van der Waals surface area contributed by atoms with Gasteiger partial charge in [-0.1, -0.05) is 82.8 Å². The van der Waals surface area contributed by atoms with Crippen molar-refractivity contribution in [2.75, 3.05) is 6.61 Å². The predicted molar refractivity (Wildman–Crippen MR) is 239 cm³/mol. The van der Waals surface area contributed by atoms with E-state index in [0.717, 1.165) is 6.42 Å². The first-order chi connectivity index (χ1) is 31.7. The lowest BCUT2D eigenvalue weighted by atomic mass is 9.67. The van der Waals surface area contributed by atoms with Gasteiger partial charge in [0.15, 0.2) is 12.0 Å². The van der Waals surface area contributed by atoms with Crippen molar-refractivity contribution in [1.82, 2.24) is 0 Å². The normalized spacial score (nSPS) is 23.8. The Bertz CT molecular complexity index is 2020. The van der Waals surface area contributed by atoms with Crippen molar-refractivity contribution in [2.24, 2.45) is 58.7 Å². The minimum atomic E-state index is -1.66. The van der Waals surface area contributed by atoms with Crippen LogP contribution in [0, 0.1) is 58.7 Å². The first-order valence-electron chi connectivity index (χ1n) is 20.9. The number of aliphatic hydroxyl groups excluding tert-OH is 2. The Kier molecular flexibility index (Phi) is 27.0. The molecule has 24 nitrogen and oxygen atoms in total. The Morgan fingerprint density at radius 2 is 1.06 bits per heavy atom. The van der Waals surface area contributed by atoms with Crippen LogP contribution in [0.3, 0.4) is 0 Å². The summed E-state index contributed by atoms with van der Waals surface area (Å²) in [5, 5.41) is 111. The van der Waals surface area contributed by atoms with Crippen LogP contribution >= 0.6 is 0 Å². The second-order valence-corrected chi connectivity index (χ2v) is 17.2. The van der Waals surface area contributed by atoms with Gasteiger partial charge in [0.25, 0.3) is 0 Å². The Balaban J connectivity index is 0. The summed E-state index contributed by atoms with van der Waals surface area (Å²) in [7, 11) is 0. The lowest BCUT2D eigenvalue weighted by Crippen LogP contribution is -2.42. The fourth-order valence-electron chi connectivity index (χ4n) is 7.95. The monoisotopic (exact) mass is 1000 g/mol. The molecule has 0 heterocycles. The summed E-state index contributed by atoms with van der Waals surface area (Å²) in [6.45, 7) is 6.98. The average molecular weight is 1000 g/mol. The van der Waals surface area contributed by atoms with Crippen molar-refractivity contribution in [3.05, 3.63) is 60.2 Å². The highest BCUT2D eigenvalue weighted by Gasteiger charge is 2.59. The number of carbonyl (C=O) groups is 11. The van der Waals surface area contributed by atoms with Crippen LogP contribution in [0.2, 0.25) is 0 Å². The molecule has 1 aromatic rings. The SMILES string of the molecule is C.CC(=O)C1(C)C2C=CC(C2)C1C(=O)O.CC(CC(=O)O)C(=O)O.CC(CO)C(O)C(=O)O.CC(O)(CC(=O)O)CC(=O)O.O=C(O)C(C(=O)O)c1ccccc1.O=C(O)[C@H]1[C@H](C(=O)O)[C@@H]2C=C[C@@H]1C2. The van der Waals surface area contributed by atoms with E-state index in [2.05, 4.69) is 0 Å². The maximum absolute atomic E-state index is 11.6. The van der Waals surface area contributed by atoms with Crippen LogP contribution in [-0.4, -0.2) is 150 Å². The number of rotatable bonds is 17. The minimum absolute atomic E-state index is 0. The third-order valence-corrected chi connectivity index (χ3v) is 11.7. The molecular weight excluding hydrogens is 936 g/mol. The maximum atomic E-state index is 11.6. The fourth-order valence-corrected chi connectivity index (χ4v) is 7.95. The van der Waals surface area contributed by atoms with Crippen LogP contribution in [0.25, 0.3) is 0 Å². The summed E-state index contributed by atoms with van der Waals surface area (Å²) in [4.78, 5) is 115. The lowest BCUT2D eigenvalue weighted by Gasteiger charge is -2.33. The smallest absolute Gasteiger partial charge is 0.332 e. The number of hydrogen-bond acceptors (Lipinski definition) is 14. The molecule has 2 fully saturated rings. The first kappa shape index (κ1) is 65.0. The van der Waals surface area contributed by atoms with Gasteiger partial charge in [-0.3, -0.25) is 47.9 Å². The van der Waals surface area contributed by atoms with Crippen molar-refractivity contribution in [2.45, 2.75) is 91.8 Å². The Hall–Kier alpha value is -7.05. The van der Waals surface area contributed by atoms with Crippen LogP contribution in [0.15, 0.2) is 54.6 Å². The van der Waals surface area contributed by atoms with Crippen LogP contribution < -0.4 is 0 Å². The molecule has 4 aliphatic carbocycles. The second-order valence-electron chi connectivity index (χ2n) is 17.2. The van der Waals surface area contributed by atoms with E-state index in [4.69, 9.17) is 66.4 Å². The molecule has 392 valence electrons. The topological polar surface area (TPSA) is 451 Å². The van der Waals surface area contributed by atoms with E-state index < -0.39 is 125 Å². The van der Waals surface area contributed by atoms with Crippen LogP contribution in [0.4, 0.5) is 0 Å². The van der Waals surface area contributed by atoms with E-state index in [1.807, 2.05) is 24.3 Å². The molecule has 0 spiro atoms. The number of carboxylic acid groups (broad SMARTS) is 10. The highest BCUT2D eigenvalue weighted by atomic mass is 16.4. The fraction of sp³-hybridized carbons (Fsp3) is 0.543. The molecule has 24 heteroatoms. The molecule has 4 aliphatic rings. The van der Waals surface area contributed by atoms with Gasteiger partial charge in [-0.15, -0.1) is 0 Å². The van der Waals surface area contributed by atoms with E-state index in [1.165, 1.54) is 39.8 Å². The molecule has 70 heavy (non-hydrogen) atoms. The number of carbonyl (C=O) groups excluding carboxylic acids is 1. The van der Waals surface area contributed by atoms with Crippen molar-refractivity contribution >= 4 is 65.5 Å². The number of ketones is 1. The zero-order valence-electron chi connectivity index (χ0n) is 38.1. The molecule has 7 unspecified atom stereocenters. The Labute approximate surface area is 401 Å². The molecule has 1 aromatic carbocycles. The molecule has 0 aromatic heterocycles. The summed E-state index contributed by atoms with van der Waals surface area (Å²) in [5.74, 6) is -16.1. The highest BCUT2D eigenvalue weighted by Crippen LogP contribution is 2.56. The molecule has 11 atom stereocenters. The second kappa shape index (κ2) is 29.1. The summed E-state index contributed by atoms with van der Waals surface area (Å²) in [6, 6.07) is 7.87. The van der Waals surface area contributed by atoms with E-state index in [1.54, 1.807) is 25.1 Å². The molecule has 0 saturated heterocycles. The Morgan fingerprint density at radius 3 is 1.33 bits per heavy atom. The van der Waals surface area contributed by atoms with Crippen molar-refractivity contribution < 1.29 is 119 Å². The standard InChI is InChI=1S/C11H14O3.C9H10O4.C9H8O4.C6H10O5.C5H10O4.C5H8O4.CH4/c1-6(12)11(2)8-4-3-7(5-8)9(11)10(13)14;10-8(11)6-4-1-2-5(3-4)7(6)9(12)13;10-8(11)7(9(12)13)6-4-2-1-3-5-6;1-6(11,2-4(7)8)3-5(9)10;1-3(2-6)4(7)5(8)9;1-3(5(8)9)2-4(6)7;/h3-4,7-9H,5H2,1-2H3,(H,13,14);1-2,4-7H,3H2,(H,10,11)(H,12,13);1-5,7H,(H,10,11)(H,12,13);11H,2-3H2,1H3,(H,7,8)(H,9,10);3-4,6-7H,2H2,1H3,(H,8,9);3H,2H2,1H3,(H,6,7)(H,8,9);1H4/t;4-,5-,6-,7-;;;;;/m.1...../s1. The molecule has 5 rings (SSSR count). The average Bonchev–Trinajstić information content (AvgIpc) is 4.02. The summed E-state index contributed by atoms with van der Waals surface area (Å²) < 4.78 is 0. The summed E-state index contributed by atoms with van der Waals surface area (Å²) >= 11 is 0. The van der Waals surface area contributed by atoms with Gasteiger partial charge < -0.3 is 66.4 Å². The number of allylic oxidation sites excluding steroid dienone is 4. The van der Waals surface area contributed by atoms with Crippen molar-refractivity contribution in [3.63, 3.8) is 0 Å². The summed E-state index contributed by atoms with van der Waals surface area (Å²) in [6.07, 6.45) is 6.27. The Morgan fingerprint density at radius 1 is 0.629 bits per heavy atom. The van der Waals surface area contributed by atoms with E-state index in [9.17, 15) is 52.7 Å². The minimum Gasteiger partial charge on any atom is -0.481 e. The zero-order valence-corrected chi connectivity index (χ0v) is 38.1. The quantitative estimate of drug-likeness (QED) is 0.0787. The third kappa shape index (κ3) is 19.9. The molecule has 4 bridgehead atoms. The van der Waals surface area contributed by atoms with E-state index >= 15 is 0 Å². The van der Waals surface area contributed by atoms with E-state index in [-0.39, 0.29) is 55.5 Å². The summed E-state index contributed by atoms with van der Waals surface area (Å²) in [5.41, 5.74) is -2.05. The van der Waals surface area contributed by atoms with E-state index in [0.29, 0.717) is 6.42 Å². The number of aliphatic carboxylic acids is 10. The van der Waals surface area contributed by atoms with Crippen molar-refractivity contribution in [3.8, 4) is 0 Å². The number of benzene rings is 1. The number of fused-ring (bicyclic) bond motifs is 4. The molecule has 0 amide bonds. The molecule has 2 saturated carbocycles. The van der Waals surface area contributed by atoms with Gasteiger partial charge in [0.2, 0.25) is 0 Å². The first-order valence-corrected chi connectivity index (χ1v) is 20.9. The number of Topliss-reactive ketones (excluding diaryl/α,β-unsaturated/α-hetero) is 1. The van der Waals surface area contributed by atoms with Gasteiger partial charge in [-0.25, -0.2) is 4.79 Å². The van der Waals surface area contributed by atoms with Gasteiger partial charge in [-0.05, 0) is 55.9 Å². The molecule has 0 aliphatic heterocycles. The third-order valence-electron chi connectivity index (χ3n) is 11.7. The predicted octanol–water partition coefficient (Wildman–Crippen LogP) is 2.59. The van der Waals surface area contributed by atoms with Crippen LogP contribution in [0.5, 0.6) is 0 Å². The van der Waals surface area contributed by atoms with Crippen LogP contribution in [-0.2, 0) is 52.7 Å². The highest BCUT2D eigenvalue weighted by molar-refractivity contribution is 5.99. The van der Waals surface area contributed by atoms with Gasteiger partial charge in [0.1, 0.15) is 5.78 Å². The molecule has 0 radical (unpaired) electrons. The maximum Gasteiger partial charge on any atom is 0.332 e. The van der Waals surface area contributed by atoms with Gasteiger partial charge in [0, 0.05) is 17.9 Å². The molecular formula is C46H64O24. The zero-order chi connectivity index (χ0) is 53.9. The van der Waals surface area contributed by atoms with Gasteiger partial charge in [0.05, 0.1) is 48.5 Å².